The zero-order valence-corrected chi connectivity index (χ0v) is 12.2. The molecule has 1 aliphatic heterocycles. The third-order valence-electron chi connectivity index (χ3n) is 3.75. The van der Waals surface area contributed by atoms with Crippen molar-refractivity contribution in [2.75, 3.05) is 20.3 Å². The van der Waals surface area contributed by atoms with E-state index < -0.39 is 23.2 Å². The maximum absolute atomic E-state index is 14.1. The van der Waals surface area contributed by atoms with Crippen LogP contribution in [0.3, 0.4) is 0 Å². The molecule has 0 spiro atoms. The van der Waals surface area contributed by atoms with Crippen LogP contribution in [0.1, 0.15) is 29.6 Å². The Morgan fingerprint density at radius 3 is 2.68 bits per heavy atom. The molecule has 7 heteroatoms. The molecule has 1 fully saturated rings. The van der Waals surface area contributed by atoms with Crippen molar-refractivity contribution in [2.45, 2.75) is 24.8 Å². The second-order valence-electron chi connectivity index (χ2n) is 5.24. The van der Waals surface area contributed by atoms with Gasteiger partial charge in [-0.25, -0.2) is 4.39 Å². The lowest BCUT2D eigenvalue weighted by atomic mass is 9.86. The van der Waals surface area contributed by atoms with E-state index in [0.717, 1.165) is 0 Å². The molecular formula is C15H18FNO5. The summed E-state index contributed by atoms with van der Waals surface area (Å²) < 4.78 is 24.2. The van der Waals surface area contributed by atoms with E-state index in [1.165, 1.54) is 25.3 Å². The quantitative estimate of drug-likeness (QED) is 0.862. The van der Waals surface area contributed by atoms with Gasteiger partial charge in [-0.2, -0.15) is 0 Å². The predicted octanol–water partition coefficient (Wildman–Crippen LogP) is 1.59. The van der Waals surface area contributed by atoms with Gasteiger partial charge >= 0.3 is 5.97 Å². The molecule has 0 unspecified atom stereocenters. The first-order valence-electron chi connectivity index (χ1n) is 6.92. The molecule has 1 aromatic carbocycles. The number of carbonyl (C=O) groups excluding carboxylic acids is 1. The molecular weight excluding hydrogens is 293 g/mol. The van der Waals surface area contributed by atoms with E-state index in [0.29, 0.717) is 26.1 Å². The van der Waals surface area contributed by atoms with Gasteiger partial charge < -0.3 is 19.9 Å². The number of amides is 1. The zero-order valence-electron chi connectivity index (χ0n) is 12.2. The molecule has 120 valence electrons. The molecule has 22 heavy (non-hydrogen) atoms. The molecule has 1 aliphatic rings. The van der Waals surface area contributed by atoms with Gasteiger partial charge in [0.15, 0.2) is 11.6 Å². The number of hydrogen-bond acceptors (Lipinski definition) is 4. The highest BCUT2D eigenvalue weighted by atomic mass is 19.1. The Hall–Kier alpha value is -2.15. The second-order valence-corrected chi connectivity index (χ2v) is 5.24. The summed E-state index contributed by atoms with van der Waals surface area (Å²) in [5.74, 6) is -2.47. The minimum atomic E-state index is -1.02. The van der Waals surface area contributed by atoms with Crippen LogP contribution < -0.4 is 10.1 Å². The van der Waals surface area contributed by atoms with Gasteiger partial charge in [0, 0.05) is 13.2 Å². The molecule has 0 aromatic heterocycles. The monoisotopic (exact) mass is 311 g/mol. The normalized spacial score (nSPS) is 16.8. The molecule has 0 radical (unpaired) electrons. The van der Waals surface area contributed by atoms with E-state index in [-0.39, 0.29) is 17.7 Å². The number of aliphatic carboxylic acids is 1. The van der Waals surface area contributed by atoms with Crippen LogP contribution in [0.5, 0.6) is 5.75 Å². The standard InChI is InChI=1S/C15H18FNO5/c1-21-11-4-2-3-10(13(11)16)14(20)17-15(9-12(18)19)5-7-22-8-6-15/h2-4H,5-9H2,1H3,(H,17,20)(H,18,19). The first-order chi connectivity index (χ1) is 10.5. The first-order valence-corrected chi connectivity index (χ1v) is 6.92. The van der Waals surface area contributed by atoms with E-state index in [1.54, 1.807) is 0 Å². The first kappa shape index (κ1) is 16.2. The Labute approximate surface area is 127 Å². The van der Waals surface area contributed by atoms with Gasteiger partial charge in [-0.15, -0.1) is 0 Å². The Kier molecular flexibility index (Phi) is 4.97. The van der Waals surface area contributed by atoms with Gasteiger partial charge in [-0.3, -0.25) is 9.59 Å². The van der Waals surface area contributed by atoms with Crippen molar-refractivity contribution in [3.8, 4) is 5.75 Å². The lowest BCUT2D eigenvalue weighted by molar-refractivity contribution is -0.139. The number of rotatable bonds is 5. The highest BCUT2D eigenvalue weighted by Gasteiger charge is 2.37. The molecule has 2 rings (SSSR count). The molecule has 1 aromatic rings. The lowest BCUT2D eigenvalue weighted by Gasteiger charge is -2.36. The van der Waals surface area contributed by atoms with Crippen LogP contribution in [0, 0.1) is 5.82 Å². The van der Waals surface area contributed by atoms with Crippen LogP contribution in [0.2, 0.25) is 0 Å². The lowest BCUT2D eigenvalue weighted by Crippen LogP contribution is -2.53. The van der Waals surface area contributed by atoms with Gasteiger partial charge in [0.25, 0.3) is 5.91 Å². The fraction of sp³-hybridized carbons (Fsp3) is 0.467. The minimum Gasteiger partial charge on any atom is -0.494 e. The van der Waals surface area contributed by atoms with E-state index in [1.807, 2.05) is 0 Å². The third-order valence-corrected chi connectivity index (χ3v) is 3.75. The van der Waals surface area contributed by atoms with Gasteiger partial charge in [0.05, 0.1) is 24.6 Å². The molecule has 1 saturated heterocycles. The van der Waals surface area contributed by atoms with Crippen LogP contribution in [0.25, 0.3) is 0 Å². The number of nitrogens with one attached hydrogen (secondary N) is 1. The maximum Gasteiger partial charge on any atom is 0.305 e. The Bertz CT molecular complexity index is 569. The summed E-state index contributed by atoms with van der Waals surface area (Å²) in [6.45, 7) is 0.711. The summed E-state index contributed by atoms with van der Waals surface area (Å²) in [4.78, 5) is 23.4. The summed E-state index contributed by atoms with van der Waals surface area (Å²) in [5.41, 5.74) is -1.09. The average molecular weight is 311 g/mol. The Morgan fingerprint density at radius 1 is 1.41 bits per heavy atom. The highest BCUT2D eigenvalue weighted by Crippen LogP contribution is 2.26. The van der Waals surface area contributed by atoms with Gasteiger partial charge in [0.1, 0.15) is 0 Å². The Morgan fingerprint density at radius 2 is 2.09 bits per heavy atom. The summed E-state index contributed by atoms with van der Waals surface area (Å²) in [7, 11) is 1.31. The third kappa shape index (κ3) is 3.54. The van der Waals surface area contributed by atoms with Gasteiger partial charge in [-0.05, 0) is 25.0 Å². The minimum absolute atomic E-state index is 0.0353. The summed E-state index contributed by atoms with van der Waals surface area (Å²) in [5, 5.41) is 11.7. The summed E-state index contributed by atoms with van der Waals surface area (Å²) in [6, 6.07) is 4.25. The number of ether oxygens (including phenoxy) is 2. The van der Waals surface area contributed by atoms with E-state index in [2.05, 4.69) is 5.32 Å². The van der Waals surface area contributed by atoms with Crippen molar-refractivity contribution < 1.29 is 28.6 Å². The number of carboxylic acid groups (broad SMARTS) is 1. The zero-order chi connectivity index (χ0) is 16.2. The van der Waals surface area contributed by atoms with Crippen molar-refractivity contribution in [3.63, 3.8) is 0 Å². The molecule has 0 saturated carbocycles. The van der Waals surface area contributed by atoms with Crippen molar-refractivity contribution >= 4 is 11.9 Å². The SMILES string of the molecule is COc1cccc(C(=O)NC2(CC(=O)O)CCOCC2)c1F. The molecule has 6 nitrogen and oxygen atoms in total. The number of halogens is 1. The van der Waals surface area contributed by atoms with E-state index in [4.69, 9.17) is 14.6 Å². The van der Waals surface area contributed by atoms with E-state index in [9.17, 15) is 14.0 Å². The van der Waals surface area contributed by atoms with Crippen molar-refractivity contribution in [2.24, 2.45) is 0 Å². The smallest absolute Gasteiger partial charge is 0.305 e. The van der Waals surface area contributed by atoms with Crippen molar-refractivity contribution in [1.82, 2.24) is 5.32 Å². The Balaban J connectivity index is 2.23. The molecule has 0 atom stereocenters. The predicted molar refractivity (Wildman–Crippen MR) is 75.5 cm³/mol. The topological polar surface area (TPSA) is 84.9 Å². The highest BCUT2D eigenvalue weighted by molar-refractivity contribution is 5.95. The number of hydrogen-bond donors (Lipinski definition) is 2. The number of methoxy groups -OCH3 is 1. The summed E-state index contributed by atoms with van der Waals surface area (Å²) in [6.07, 6.45) is 0.515. The fourth-order valence-electron chi connectivity index (χ4n) is 2.55. The van der Waals surface area contributed by atoms with Gasteiger partial charge in [-0.1, -0.05) is 6.07 Å². The molecule has 0 aliphatic carbocycles. The molecule has 0 bridgehead atoms. The molecule has 2 N–H and O–H groups in total. The second kappa shape index (κ2) is 6.74. The molecule has 1 amide bonds. The average Bonchev–Trinajstić information content (AvgIpc) is 2.47. The number of carbonyl (C=O) groups is 2. The molecule has 1 heterocycles. The van der Waals surface area contributed by atoms with Crippen molar-refractivity contribution in [1.29, 1.82) is 0 Å². The summed E-state index contributed by atoms with van der Waals surface area (Å²) >= 11 is 0. The van der Waals surface area contributed by atoms with Crippen LogP contribution in [-0.2, 0) is 9.53 Å². The number of carboxylic acids is 1. The van der Waals surface area contributed by atoms with Crippen LogP contribution >= 0.6 is 0 Å². The number of benzene rings is 1. The van der Waals surface area contributed by atoms with Crippen molar-refractivity contribution in [3.05, 3.63) is 29.6 Å². The van der Waals surface area contributed by atoms with Crippen LogP contribution in [-0.4, -0.2) is 42.8 Å². The largest absolute Gasteiger partial charge is 0.494 e. The fourth-order valence-corrected chi connectivity index (χ4v) is 2.55. The van der Waals surface area contributed by atoms with E-state index >= 15 is 0 Å². The van der Waals surface area contributed by atoms with Crippen LogP contribution in [0.15, 0.2) is 18.2 Å². The van der Waals surface area contributed by atoms with Gasteiger partial charge in [0.2, 0.25) is 0 Å². The van der Waals surface area contributed by atoms with Crippen LogP contribution in [0.4, 0.5) is 4.39 Å². The maximum atomic E-state index is 14.1.